The summed E-state index contributed by atoms with van der Waals surface area (Å²) in [5.74, 6) is 5.75. The van der Waals surface area contributed by atoms with Crippen LogP contribution < -0.4 is 0 Å². The fraction of sp³-hybridized carbons (Fsp3) is 0.933. The molecule has 182 valence electrons. The van der Waals surface area contributed by atoms with E-state index in [4.69, 9.17) is 0 Å². The molecule has 3 fully saturated rings. The van der Waals surface area contributed by atoms with Gasteiger partial charge in [-0.3, -0.25) is 0 Å². The number of hydrogen-bond acceptors (Lipinski definition) is 1. The molecule has 31 heavy (non-hydrogen) atoms. The van der Waals surface area contributed by atoms with Crippen molar-refractivity contribution >= 4 is 11.8 Å². The van der Waals surface area contributed by atoms with Crippen molar-refractivity contribution in [2.24, 2.45) is 46.3 Å². The Morgan fingerprint density at radius 1 is 0.968 bits per heavy atom. The first-order chi connectivity index (χ1) is 14.6. The molecular formula is C30H56S. The second-order valence-electron chi connectivity index (χ2n) is 13.3. The number of fused-ring (bicyclic) bond motifs is 5. The fourth-order valence-corrected chi connectivity index (χ4v) is 10.5. The van der Waals surface area contributed by atoms with Crippen molar-refractivity contribution in [1.82, 2.24) is 0 Å². The van der Waals surface area contributed by atoms with Gasteiger partial charge in [0, 0.05) is 8.10 Å². The van der Waals surface area contributed by atoms with Gasteiger partial charge in [0.25, 0.3) is 0 Å². The molecule has 8 atom stereocenters. The first kappa shape index (κ1) is 24.2. The molecule has 4 unspecified atom stereocenters. The van der Waals surface area contributed by atoms with E-state index in [9.17, 15) is 0 Å². The lowest BCUT2D eigenvalue weighted by molar-refractivity contribution is -0.0497. The number of allylic oxidation sites excluding steroid dienone is 2. The van der Waals surface area contributed by atoms with Gasteiger partial charge in [-0.15, -0.1) is 0 Å². The largest absolute Gasteiger partial charge is 0.155 e. The lowest BCUT2D eigenvalue weighted by atomic mass is 9.47. The highest BCUT2D eigenvalue weighted by Gasteiger charge is 2.59. The Morgan fingerprint density at radius 2 is 1.74 bits per heavy atom. The third-order valence-corrected chi connectivity index (χ3v) is 12.1. The SMILES string of the molecule is CC(C)CCC[C@@H](C)[C@H]1CCC2[C@@H]3CC=C4CC(SC(C)C)CCC4(C)C3CC[C@@]21C.[HH].[HH]. The molecule has 0 nitrogen and oxygen atoms in total. The van der Waals surface area contributed by atoms with Gasteiger partial charge in [0.05, 0.1) is 0 Å². The highest BCUT2D eigenvalue weighted by atomic mass is 32.2. The number of thioether (sulfide) groups is 1. The van der Waals surface area contributed by atoms with Crippen LogP contribution >= 0.6 is 11.8 Å². The third kappa shape index (κ3) is 4.57. The molecule has 0 N–H and O–H groups in total. The molecule has 0 amide bonds. The summed E-state index contributed by atoms with van der Waals surface area (Å²) in [6, 6.07) is 0. The van der Waals surface area contributed by atoms with Crippen LogP contribution in [0.2, 0.25) is 0 Å². The first-order valence-corrected chi connectivity index (χ1v) is 14.9. The van der Waals surface area contributed by atoms with Gasteiger partial charge in [-0.05, 0) is 103 Å². The second kappa shape index (κ2) is 9.38. The molecule has 0 saturated heterocycles. The van der Waals surface area contributed by atoms with Crippen molar-refractivity contribution < 1.29 is 2.85 Å². The van der Waals surface area contributed by atoms with Crippen molar-refractivity contribution in [3.8, 4) is 0 Å². The van der Waals surface area contributed by atoms with Crippen molar-refractivity contribution in [3.63, 3.8) is 0 Å². The van der Waals surface area contributed by atoms with Gasteiger partial charge >= 0.3 is 0 Å². The summed E-state index contributed by atoms with van der Waals surface area (Å²) in [7, 11) is 0. The quantitative estimate of drug-likeness (QED) is 0.349. The zero-order chi connectivity index (χ0) is 22.4. The van der Waals surface area contributed by atoms with Crippen molar-refractivity contribution in [2.45, 2.75) is 130 Å². The van der Waals surface area contributed by atoms with Gasteiger partial charge in [0.1, 0.15) is 0 Å². The average molecular weight is 449 g/mol. The second-order valence-corrected chi connectivity index (χ2v) is 15.2. The summed E-state index contributed by atoms with van der Waals surface area (Å²) in [4.78, 5) is 0. The van der Waals surface area contributed by atoms with E-state index in [1.54, 1.807) is 0 Å². The molecule has 0 aromatic heterocycles. The zero-order valence-corrected chi connectivity index (χ0v) is 22.7. The van der Waals surface area contributed by atoms with Crippen LogP contribution in [0.25, 0.3) is 0 Å². The van der Waals surface area contributed by atoms with E-state index < -0.39 is 0 Å². The lowest BCUT2D eigenvalue weighted by Crippen LogP contribution is -2.50. The third-order valence-electron chi connectivity index (χ3n) is 10.7. The van der Waals surface area contributed by atoms with Crippen LogP contribution in [0.3, 0.4) is 0 Å². The summed E-state index contributed by atoms with van der Waals surface area (Å²) in [5, 5.41) is 1.66. The molecule has 0 aromatic rings. The highest BCUT2D eigenvalue weighted by Crippen LogP contribution is 2.67. The molecule has 0 aliphatic heterocycles. The van der Waals surface area contributed by atoms with E-state index in [0.717, 1.165) is 46.0 Å². The molecular weight excluding hydrogens is 392 g/mol. The molecule has 3 saturated carbocycles. The van der Waals surface area contributed by atoms with Gasteiger partial charge in [-0.1, -0.05) is 79.4 Å². The maximum atomic E-state index is 2.78. The topological polar surface area (TPSA) is 0 Å². The molecule has 0 aromatic carbocycles. The molecule has 4 aliphatic rings. The Morgan fingerprint density at radius 3 is 2.45 bits per heavy atom. The summed E-state index contributed by atoms with van der Waals surface area (Å²) in [6.45, 7) is 17.6. The lowest BCUT2D eigenvalue weighted by Gasteiger charge is -2.58. The predicted molar refractivity (Wildman–Crippen MR) is 144 cm³/mol. The first-order valence-electron chi connectivity index (χ1n) is 14.0. The Labute approximate surface area is 202 Å². The van der Waals surface area contributed by atoms with E-state index in [1.165, 1.54) is 70.6 Å². The number of hydrogen-bond donors (Lipinski definition) is 0. The van der Waals surface area contributed by atoms with Crippen molar-refractivity contribution in [2.75, 3.05) is 0 Å². The van der Waals surface area contributed by atoms with Gasteiger partial charge < -0.3 is 0 Å². The maximum absolute atomic E-state index is 2.78. The van der Waals surface area contributed by atoms with Crippen LogP contribution in [0.4, 0.5) is 0 Å². The van der Waals surface area contributed by atoms with Crippen LogP contribution in [0.1, 0.15) is 122 Å². The fourth-order valence-electron chi connectivity index (χ4n) is 9.15. The zero-order valence-electron chi connectivity index (χ0n) is 21.9. The molecule has 4 rings (SSSR count). The molecule has 0 bridgehead atoms. The van der Waals surface area contributed by atoms with E-state index in [0.29, 0.717) is 10.8 Å². The van der Waals surface area contributed by atoms with Crippen LogP contribution in [-0.4, -0.2) is 10.5 Å². The standard InChI is InChI=1S/C30H52S.2H2/c1-20(2)9-8-10-22(5)26-13-14-27-25-12-11-23-19-24(31-21(3)4)15-17-29(23,6)28(25)16-18-30(26,27)7;;/h11,20-22,24-28H,8-10,12-19H2,1-7H3;2*1H/t22-,24?,25+,26-,27?,28?,29?,30-;;/m1../s1. The Bertz CT molecular complexity index is 658. The molecule has 4 aliphatic carbocycles. The molecule has 1 heteroatoms. The van der Waals surface area contributed by atoms with Gasteiger partial charge in [-0.25, -0.2) is 0 Å². The Hall–Kier alpha value is 0.0900. The van der Waals surface area contributed by atoms with Crippen LogP contribution in [0.5, 0.6) is 0 Å². The van der Waals surface area contributed by atoms with E-state index >= 15 is 0 Å². The van der Waals surface area contributed by atoms with E-state index in [1.807, 2.05) is 5.57 Å². The predicted octanol–water partition coefficient (Wildman–Crippen LogP) is 10.0. The van der Waals surface area contributed by atoms with E-state index in [2.05, 4.69) is 66.3 Å². The Kier molecular flexibility index (Phi) is 7.33. The summed E-state index contributed by atoms with van der Waals surface area (Å²) >= 11 is 2.24. The highest BCUT2D eigenvalue weighted by molar-refractivity contribution is 8.00. The molecule has 0 radical (unpaired) electrons. The van der Waals surface area contributed by atoms with Gasteiger partial charge in [0.15, 0.2) is 0 Å². The molecule has 0 spiro atoms. The Balaban J connectivity index is 0.00000193. The van der Waals surface area contributed by atoms with Crippen molar-refractivity contribution in [1.29, 1.82) is 0 Å². The van der Waals surface area contributed by atoms with E-state index in [-0.39, 0.29) is 2.85 Å². The minimum Gasteiger partial charge on any atom is -0.155 e. The van der Waals surface area contributed by atoms with Crippen LogP contribution in [0.15, 0.2) is 11.6 Å². The monoisotopic (exact) mass is 448 g/mol. The smallest absolute Gasteiger partial charge is 0.00873 e. The minimum atomic E-state index is 0. The van der Waals surface area contributed by atoms with Crippen LogP contribution in [0, 0.1) is 46.3 Å². The summed E-state index contributed by atoms with van der Waals surface area (Å²) < 4.78 is 0. The molecule has 0 heterocycles. The minimum absolute atomic E-state index is 0. The van der Waals surface area contributed by atoms with Crippen LogP contribution in [-0.2, 0) is 0 Å². The summed E-state index contributed by atoms with van der Waals surface area (Å²) in [6.07, 6.45) is 18.9. The summed E-state index contributed by atoms with van der Waals surface area (Å²) in [5.41, 5.74) is 3.03. The number of rotatable bonds is 7. The normalized spacial score (nSPS) is 43.4. The van der Waals surface area contributed by atoms with Gasteiger partial charge in [-0.2, -0.15) is 11.8 Å². The van der Waals surface area contributed by atoms with Crippen molar-refractivity contribution in [3.05, 3.63) is 11.6 Å². The van der Waals surface area contributed by atoms with Gasteiger partial charge in [0.2, 0.25) is 0 Å². The maximum Gasteiger partial charge on any atom is 0.00873 e. The average Bonchev–Trinajstić information content (AvgIpc) is 3.05.